The van der Waals surface area contributed by atoms with E-state index in [1.807, 2.05) is 18.2 Å². The molecule has 0 aromatic heterocycles. The molecular weight excluding hydrogens is 164 g/mol. The molecule has 2 nitrogen and oxygen atoms in total. The molecule has 0 aliphatic rings. The molecule has 13 heavy (non-hydrogen) atoms. The molecule has 71 valence electrons. The van der Waals surface area contributed by atoms with Gasteiger partial charge in [0.05, 0.1) is 7.11 Å². The van der Waals surface area contributed by atoms with Gasteiger partial charge < -0.3 is 9.84 Å². The Morgan fingerprint density at radius 2 is 2.23 bits per heavy atom. The summed E-state index contributed by atoms with van der Waals surface area (Å²) in [7, 11) is 1.65. The van der Waals surface area contributed by atoms with Gasteiger partial charge in [0.25, 0.3) is 0 Å². The fourth-order valence-corrected chi connectivity index (χ4v) is 1.32. The lowest BCUT2D eigenvalue weighted by atomic mass is 10.1. The molecule has 1 radical (unpaired) electrons. The predicted octanol–water partition coefficient (Wildman–Crippen LogP) is 2.53. The first kappa shape index (κ1) is 10.1. The molecule has 0 spiro atoms. The molecule has 1 rings (SSSR count). The zero-order valence-electron chi connectivity index (χ0n) is 8.08. The molecule has 2 heteroatoms. The minimum atomic E-state index is 0.775. The molecule has 0 saturated heterocycles. The Morgan fingerprint density at radius 1 is 1.46 bits per heavy atom. The van der Waals surface area contributed by atoms with Crippen molar-refractivity contribution in [2.24, 2.45) is 0 Å². The van der Waals surface area contributed by atoms with Gasteiger partial charge in [-0.2, -0.15) is 0 Å². The maximum Gasteiger partial charge on any atom is 0.122 e. The zero-order chi connectivity index (χ0) is 9.68. The molecule has 0 fully saturated rings. The van der Waals surface area contributed by atoms with Gasteiger partial charge in [0, 0.05) is 0 Å². The maximum absolute atomic E-state index is 8.80. The van der Waals surface area contributed by atoms with Gasteiger partial charge in [-0.1, -0.05) is 25.5 Å². The number of benzene rings is 1. The van der Waals surface area contributed by atoms with Crippen molar-refractivity contribution >= 4 is 0 Å². The first-order valence-corrected chi connectivity index (χ1v) is 4.46. The van der Waals surface area contributed by atoms with E-state index in [0.29, 0.717) is 0 Å². The predicted molar refractivity (Wildman–Crippen MR) is 52.3 cm³/mol. The smallest absolute Gasteiger partial charge is 0.122 e. The molecule has 1 N–H and O–H groups in total. The van der Waals surface area contributed by atoms with E-state index in [9.17, 15) is 0 Å². The third-order valence-corrected chi connectivity index (χ3v) is 1.98. The average Bonchev–Trinajstić information content (AvgIpc) is 2.19. The van der Waals surface area contributed by atoms with Crippen molar-refractivity contribution in [1.82, 2.24) is 0 Å². The average molecular weight is 179 g/mol. The number of aliphatic hydroxyl groups excluding tert-OH is 1. The molecule has 0 amide bonds. The van der Waals surface area contributed by atoms with Crippen LogP contribution in [0.25, 0.3) is 0 Å². The summed E-state index contributed by atoms with van der Waals surface area (Å²) in [6.45, 7) is 3.21. The van der Waals surface area contributed by atoms with Crippen LogP contribution in [0.1, 0.15) is 24.5 Å². The fourth-order valence-electron chi connectivity index (χ4n) is 1.32. The second-order valence-corrected chi connectivity index (χ2v) is 2.95. The first-order chi connectivity index (χ1) is 6.31. The minimum Gasteiger partial charge on any atom is -0.496 e. The second-order valence-electron chi connectivity index (χ2n) is 2.95. The number of hydrogen-bond acceptors (Lipinski definition) is 2. The normalized spacial score (nSPS) is 10.1. The van der Waals surface area contributed by atoms with Crippen molar-refractivity contribution < 1.29 is 9.84 Å². The van der Waals surface area contributed by atoms with Gasteiger partial charge >= 0.3 is 0 Å². The van der Waals surface area contributed by atoms with Crippen LogP contribution in [0, 0.1) is 6.61 Å². The molecule has 0 aliphatic heterocycles. The van der Waals surface area contributed by atoms with Gasteiger partial charge in [0.1, 0.15) is 12.4 Å². The largest absolute Gasteiger partial charge is 0.496 e. The Balaban J connectivity index is 2.93. The van der Waals surface area contributed by atoms with Crippen molar-refractivity contribution in [1.29, 1.82) is 0 Å². The molecule has 0 saturated carbocycles. The Labute approximate surface area is 79.2 Å². The van der Waals surface area contributed by atoms with Crippen LogP contribution >= 0.6 is 0 Å². The summed E-state index contributed by atoms with van der Waals surface area (Å²) in [5.41, 5.74) is 1.97. The molecule has 1 aromatic carbocycles. The van der Waals surface area contributed by atoms with E-state index in [1.165, 1.54) is 5.56 Å². The highest BCUT2D eigenvalue weighted by molar-refractivity contribution is 5.39. The monoisotopic (exact) mass is 179 g/mol. The van der Waals surface area contributed by atoms with E-state index in [4.69, 9.17) is 9.84 Å². The number of rotatable bonds is 4. The van der Waals surface area contributed by atoms with Crippen LogP contribution in [0.4, 0.5) is 0 Å². The highest BCUT2D eigenvalue weighted by Gasteiger charge is 2.02. The third kappa shape index (κ3) is 2.46. The van der Waals surface area contributed by atoms with Crippen molar-refractivity contribution in [3.05, 3.63) is 35.9 Å². The Bertz CT molecular complexity index is 269. The number of ether oxygens (including phenoxy) is 1. The van der Waals surface area contributed by atoms with Crippen molar-refractivity contribution in [2.75, 3.05) is 7.11 Å². The third-order valence-electron chi connectivity index (χ3n) is 1.98. The molecule has 0 heterocycles. The summed E-state index contributed by atoms with van der Waals surface area (Å²) < 4.78 is 5.21. The van der Waals surface area contributed by atoms with Crippen LogP contribution in [0.5, 0.6) is 5.75 Å². The topological polar surface area (TPSA) is 29.5 Å². The standard InChI is InChI=1S/C11H15O2/c1-3-4-10-6-5-9(8-12)7-11(10)13-2/h5-8,12H,3-4H2,1-2H3. The lowest BCUT2D eigenvalue weighted by molar-refractivity contribution is 0.401. The maximum atomic E-state index is 8.80. The van der Waals surface area contributed by atoms with Crippen LogP contribution in [0.15, 0.2) is 18.2 Å². The van der Waals surface area contributed by atoms with Gasteiger partial charge in [0.15, 0.2) is 0 Å². The summed E-state index contributed by atoms with van der Waals surface area (Å²) in [4.78, 5) is 0. The van der Waals surface area contributed by atoms with Crippen LogP contribution in [-0.4, -0.2) is 12.2 Å². The number of aryl methyl sites for hydroxylation is 1. The minimum absolute atomic E-state index is 0.775. The first-order valence-electron chi connectivity index (χ1n) is 4.46. The van der Waals surface area contributed by atoms with E-state index in [1.54, 1.807) is 7.11 Å². The lowest BCUT2D eigenvalue weighted by Crippen LogP contribution is -1.93. The molecule has 0 atom stereocenters. The molecule has 1 aromatic rings. The van der Waals surface area contributed by atoms with Crippen molar-refractivity contribution in [2.45, 2.75) is 19.8 Å². The van der Waals surface area contributed by atoms with Crippen LogP contribution < -0.4 is 4.74 Å². The quantitative estimate of drug-likeness (QED) is 0.769. The van der Waals surface area contributed by atoms with E-state index in [-0.39, 0.29) is 0 Å². The van der Waals surface area contributed by atoms with Gasteiger partial charge in [0.2, 0.25) is 0 Å². The summed E-state index contributed by atoms with van der Waals surface area (Å²) in [6, 6.07) is 5.71. The van der Waals surface area contributed by atoms with E-state index < -0.39 is 0 Å². The van der Waals surface area contributed by atoms with Crippen LogP contribution in [0.2, 0.25) is 0 Å². The summed E-state index contributed by atoms with van der Waals surface area (Å²) in [5.74, 6) is 0.852. The van der Waals surface area contributed by atoms with Crippen molar-refractivity contribution in [3.63, 3.8) is 0 Å². The number of hydrogen-bond donors (Lipinski definition) is 1. The SMILES string of the molecule is CCCc1ccc([CH]O)cc1OC. The zero-order valence-corrected chi connectivity index (χ0v) is 8.08. The summed E-state index contributed by atoms with van der Waals surface area (Å²) in [5, 5.41) is 8.80. The fraction of sp³-hybridized carbons (Fsp3) is 0.364. The van der Waals surface area contributed by atoms with Gasteiger partial charge in [-0.05, 0) is 23.6 Å². The lowest BCUT2D eigenvalue weighted by Gasteiger charge is -2.08. The van der Waals surface area contributed by atoms with Crippen LogP contribution in [0.3, 0.4) is 0 Å². The van der Waals surface area contributed by atoms with E-state index in [0.717, 1.165) is 30.8 Å². The highest BCUT2D eigenvalue weighted by Crippen LogP contribution is 2.21. The second kappa shape index (κ2) is 4.87. The number of aliphatic hydroxyl groups is 1. The Kier molecular flexibility index (Phi) is 3.77. The van der Waals surface area contributed by atoms with Crippen LogP contribution in [-0.2, 0) is 6.42 Å². The van der Waals surface area contributed by atoms with E-state index >= 15 is 0 Å². The molecule has 0 unspecified atom stereocenters. The Morgan fingerprint density at radius 3 is 2.77 bits per heavy atom. The molecule has 0 bridgehead atoms. The molecule has 0 aliphatic carbocycles. The van der Waals surface area contributed by atoms with Crippen molar-refractivity contribution in [3.8, 4) is 5.75 Å². The van der Waals surface area contributed by atoms with Gasteiger partial charge in [-0.25, -0.2) is 0 Å². The summed E-state index contributed by atoms with van der Waals surface area (Å²) in [6.07, 6.45) is 2.10. The van der Waals surface area contributed by atoms with Gasteiger partial charge in [-0.3, -0.25) is 0 Å². The van der Waals surface area contributed by atoms with E-state index in [2.05, 4.69) is 6.92 Å². The molecular formula is C11H15O2. The van der Waals surface area contributed by atoms with Gasteiger partial charge in [-0.15, -0.1) is 0 Å². The number of methoxy groups -OCH3 is 1. The summed E-state index contributed by atoms with van der Waals surface area (Å²) >= 11 is 0. The Hall–Kier alpha value is -1.02. The highest BCUT2D eigenvalue weighted by atomic mass is 16.5.